The van der Waals surface area contributed by atoms with Crippen molar-refractivity contribution in [2.24, 2.45) is 5.92 Å². The fraction of sp³-hybridized carbons (Fsp3) is 0.250. The number of H-pyrrole nitrogens is 2. The maximum atomic E-state index is 12.7. The Hall–Kier alpha value is -3.75. The highest BCUT2D eigenvalue weighted by molar-refractivity contribution is 6.04. The summed E-state index contributed by atoms with van der Waals surface area (Å²) in [6, 6.07) is 10.3. The number of benzene rings is 2. The number of hydrogen-bond donors (Lipinski definition) is 3. The maximum absolute atomic E-state index is 12.7. The van der Waals surface area contributed by atoms with Crippen LogP contribution in [0.4, 0.5) is 11.4 Å². The molecule has 29 heavy (non-hydrogen) atoms. The molecule has 3 aromatic rings. The second-order valence-electron chi connectivity index (χ2n) is 6.80. The molecule has 1 fully saturated rings. The minimum absolute atomic E-state index is 0.106. The van der Waals surface area contributed by atoms with Gasteiger partial charge in [0.1, 0.15) is 11.5 Å². The van der Waals surface area contributed by atoms with Crippen LogP contribution in [0, 0.1) is 5.92 Å². The fourth-order valence-corrected chi connectivity index (χ4v) is 3.44. The number of carbonyl (C=O) groups excluding carboxylic acids is 2. The van der Waals surface area contributed by atoms with Gasteiger partial charge in [-0.1, -0.05) is 0 Å². The van der Waals surface area contributed by atoms with E-state index >= 15 is 0 Å². The molecule has 9 nitrogen and oxygen atoms in total. The number of nitrogens with zero attached hydrogens (tertiary/aromatic N) is 1. The van der Waals surface area contributed by atoms with Crippen LogP contribution < -0.4 is 25.4 Å². The number of hydrogen-bond acceptors (Lipinski definition) is 5. The molecule has 0 aliphatic carbocycles. The third-order valence-corrected chi connectivity index (χ3v) is 4.93. The van der Waals surface area contributed by atoms with Gasteiger partial charge in [-0.2, -0.15) is 0 Å². The number of ether oxygens (including phenoxy) is 2. The van der Waals surface area contributed by atoms with Crippen molar-refractivity contribution in [2.75, 3.05) is 31.0 Å². The number of aromatic nitrogens is 2. The van der Waals surface area contributed by atoms with Gasteiger partial charge in [0.15, 0.2) is 0 Å². The quantitative estimate of drug-likeness (QED) is 0.609. The van der Waals surface area contributed by atoms with Crippen molar-refractivity contribution in [3.8, 4) is 11.5 Å². The predicted molar refractivity (Wildman–Crippen MR) is 108 cm³/mol. The van der Waals surface area contributed by atoms with Crippen molar-refractivity contribution in [1.82, 2.24) is 9.97 Å². The summed E-state index contributed by atoms with van der Waals surface area (Å²) in [6.45, 7) is 0.254. The predicted octanol–water partition coefficient (Wildman–Crippen LogP) is 1.86. The van der Waals surface area contributed by atoms with Crippen LogP contribution in [0.5, 0.6) is 11.5 Å². The van der Waals surface area contributed by atoms with Gasteiger partial charge in [-0.25, -0.2) is 4.79 Å². The first-order valence-corrected chi connectivity index (χ1v) is 9.03. The molecule has 3 N–H and O–H groups in total. The highest BCUT2D eigenvalue weighted by Crippen LogP contribution is 2.32. The topological polar surface area (TPSA) is 117 Å². The zero-order valence-electron chi connectivity index (χ0n) is 15.9. The normalized spacial score (nSPS) is 16.3. The minimum atomic E-state index is -0.499. The number of fused-ring (bicyclic) bond motifs is 1. The van der Waals surface area contributed by atoms with Crippen molar-refractivity contribution >= 4 is 34.2 Å². The van der Waals surface area contributed by atoms with Gasteiger partial charge < -0.3 is 29.7 Å². The number of anilines is 2. The van der Waals surface area contributed by atoms with Crippen LogP contribution in [0.25, 0.3) is 11.0 Å². The molecular formula is C20H20N4O5. The minimum Gasteiger partial charge on any atom is -0.497 e. The summed E-state index contributed by atoms with van der Waals surface area (Å²) in [5, 5.41) is 2.82. The van der Waals surface area contributed by atoms with E-state index in [1.54, 1.807) is 41.3 Å². The van der Waals surface area contributed by atoms with Crippen LogP contribution in [-0.4, -0.2) is 42.5 Å². The van der Waals surface area contributed by atoms with Gasteiger partial charge >= 0.3 is 5.69 Å². The zero-order chi connectivity index (χ0) is 20.5. The number of aromatic amines is 2. The monoisotopic (exact) mass is 396 g/mol. The summed E-state index contributed by atoms with van der Waals surface area (Å²) in [5.41, 5.74) is 2.11. The second kappa shape index (κ2) is 7.34. The number of rotatable bonds is 5. The Morgan fingerprint density at radius 3 is 2.41 bits per heavy atom. The van der Waals surface area contributed by atoms with Gasteiger partial charge in [-0.15, -0.1) is 0 Å². The molecule has 2 amide bonds. The molecule has 0 radical (unpaired) electrons. The Morgan fingerprint density at radius 2 is 1.72 bits per heavy atom. The summed E-state index contributed by atoms with van der Waals surface area (Å²) >= 11 is 0. The number of methoxy groups -OCH3 is 2. The van der Waals surface area contributed by atoms with Crippen LogP contribution in [0.2, 0.25) is 0 Å². The average Bonchev–Trinajstić information content (AvgIpc) is 3.28. The van der Waals surface area contributed by atoms with Gasteiger partial charge in [0.05, 0.1) is 36.9 Å². The van der Waals surface area contributed by atoms with E-state index in [0.717, 1.165) is 0 Å². The largest absolute Gasteiger partial charge is 0.497 e. The molecule has 0 spiro atoms. The summed E-state index contributed by atoms with van der Waals surface area (Å²) in [5.74, 6) is 0.224. The van der Waals surface area contributed by atoms with E-state index in [4.69, 9.17) is 9.47 Å². The molecule has 4 rings (SSSR count). The number of nitrogens with one attached hydrogen (secondary N) is 3. The van der Waals surface area contributed by atoms with Crippen molar-refractivity contribution in [3.63, 3.8) is 0 Å². The van der Waals surface area contributed by atoms with Crippen molar-refractivity contribution < 1.29 is 19.1 Å². The highest BCUT2D eigenvalue weighted by Gasteiger charge is 2.35. The molecule has 1 aromatic heterocycles. The van der Waals surface area contributed by atoms with Crippen LogP contribution in [-0.2, 0) is 9.59 Å². The molecule has 2 heterocycles. The number of amides is 2. The molecular weight excluding hydrogens is 376 g/mol. The number of carbonyl (C=O) groups is 2. The fourth-order valence-electron chi connectivity index (χ4n) is 3.44. The van der Waals surface area contributed by atoms with Gasteiger partial charge in [-0.05, 0) is 18.2 Å². The second-order valence-corrected chi connectivity index (χ2v) is 6.80. The molecule has 1 saturated heterocycles. The Bertz CT molecular complexity index is 1130. The van der Waals surface area contributed by atoms with Crippen LogP contribution >= 0.6 is 0 Å². The van der Waals surface area contributed by atoms with Crippen molar-refractivity contribution in [2.45, 2.75) is 6.42 Å². The van der Waals surface area contributed by atoms with E-state index in [-0.39, 0.29) is 30.5 Å². The average molecular weight is 396 g/mol. The van der Waals surface area contributed by atoms with Crippen LogP contribution in [0.3, 0.4) is 0 Å². The standard InChI is InChI=1S/C20H20N4O5/c1-28-14-7-13(8-15(9-14)29-2)24-10-11(5-18(24)25)19(26)21-12-3-4-16-17(6-12)23-20(27)22-16/h3-4,6-9,11H,5,10H2,1-2H3,(H,21,26)(H2,22,23,27). The number of imidazole rings is 1. The van der Waals surface area contributed by atoms with Gasteiger partial charge in [0.25, 0.3) is 0 Å². The molecule has 1 aliphatic rings. The first-order chi connectivity index (χ1) is 14.0. The molecule has 0 bridgehead atoms. The van der Waals surface area contributed by atoms with Crippen molar-refractivity contribution in [1.29, 1.82) is 0 Å². The van der Waals surface area contributed by atoms with E-state index in [1.807, 2.05) is 0 Å². The SMILES string of the molecule is COc1cc(OC)cc(N2CC(C(=O)Nc3ccc4[nH]c(=O)[nH]c4c3)CC2=O)c1. The Morgan fingerprint density at radius 1 is 1.03 bits per heavy atom. The molecule has 9 heteroatoms. The summed E-state index contributed by atoms with van der Waals surface area (Å²) in [4.78, 5) is 43.5. The van der Waals surface area contributed by atoms with Gasteiger partial charge in [-0.3, -0.25) is 9.59 Å². The van der Waals surface area contributed by atoms with E-state index < -0.39 is 5.92 Å². The molecule has 1 atom stereocenters. The molecule has 150 valence electrons. The molecule has 1 aliphatic heterocycles. The zero-order valence-corrected chi connectivity index (χ0v) is 15.9. The Balaban J connectivity index is 1.50. The maximum Gasteiger partial charge on any atom is 0.323 e. The lowest BCUT2D eigenvalue weighted by Gasteiger charge is -2.18. The summed E-state index contributed by atoms with van der Waals surface area (Å²) < 4.78 is 10.5. The molecule has 1 unspecified atom stereocenters. The van der Waals surface area contributed by atoms with E-state index in [0.29, 0.717) is 33.9 Å². The van der Waals surface area contributed by atoms with Crippen LogP contribution in [0.15, 0.2) is 41.2 Å². The third kappa shape index (κ3) is 3.66. The first-order valence-electron chi connectivity index (χ1n) is 9.03. The lowest BCUT2D eigenvalue weighted by molar-refractivity contribution is -0.122. The van der Waals surface area contributed by atoms with Crippen molar-refractivity contribution in [3.05, 3.63) is 46.9 Å². The summed E-state index contributed by atoms with van der Waals surface area (Å²) in [6.07, 6.45) is 0.106. The van der Waals surface area contributed by atoms with Crippen LogP contribution in [0.1, 0.15) is 6.42 Å². The lowest BCUT2D eigenvalue weighted by atomic mass is 10.1. The first kappa shape index (κ1) is 18.6. The molecule has 0 saturated carbocycles. The Kier molecular flexibility index (Phi) is 4.71. The third-order valence-electron chi connectivity index (χ3n) is 4.93. The van der Waals surface area contributed by atoms with E-state index in [9.17, 15) is 14.4 Å². The summed E-state index contributed by atoms with van der Waals surface area (Å²) in [7, 11) is 3.07. The smallest absolute Gasteiger partial charge is 0.323 e. The van der Waals surface area contributed by atoms with E-state index in [2.05, 4.69) is 15.3 Å². The Labute approximate surface area is 165 Å². The van der Waals surface area contributed by atoms with E-state index in [1.165, 1.54) is 14.2 Å². The molecule has 2 aromatic carbocycles. The van der Waals surface area contributed by atoms with Gasteiger partial charge in [0, 0.05) is 36.9 Å². The highest BCUT2D eigenvalue weighted by atomic mass is 16.5. The lowest BCUT2D eigenvalue weighted by Crippen LogP contribution is -2.28. The van der Waals surface area contributed by atoms with Gasteiger partial charge in [0.2, 0.25) is 11.8 Å².